The van der Waals surface area contributed by atoms with Crippen molar-refractivity contribution < 1.29 is 9.53 Å². The van der Waals surface area contributed by atoms with Crippen molar-refractivity contribution in [1.82, 2.24) is 9.88 Å². The summed E-state index contributed by atoms with van der Waals surface area (Å²) >= 11 is 3.76. The van der Waals surface area contributed by atoms with Crippen LogP contribution in [0.25, 0.3) is 0 Å². The Hall–Kier alpha value is -1.30. The van der Waals surface area contributed by atoms with Crippen LogP contribution >= 0.6 is 16.1 Å². The number of hydrogen-bond donors (Lipinski definition) is 0. The molecule has 2 atom stereocenters. The van der Waals surface area contributed by atoms with Crippen molar-refractivity contribution in [2.24, 2.45) is 0 Å². The standard InChI is InChI=1S/C18H26BrN3O2/c1-12-6-7-14-8-9-18(22(19)15(14)20-12)10-13(2)21(11-18)16(23)24-17(3,4)5/h6-7,13H,8-11H2,1-5H3. The van der Waals surface area contributed by atoms with Crippen LogP contribution in [0, 0.1) is 6.92 Å². The van der Waals surface area contributed by atoms with Crippen molar-refractivity contribution in [2.45, 2.75) is 71.1 Å². The number of aryl methyl sites for hydroxylation is 2. The molecule has 0 radical (unpaired) electrons. The molecule has 5 nitrogen and oxygen atoms in total. The second-order valence-corrected chi connectivity index (χ2v) is 8.81. The van der Waals surface area contributed by atoms with Crippen molar-refractivity contribution in [3.63, 3.8) is 0 Å². The van der Waals surface area contributed by atoms with Gasteiger partial charge in [0.2, 0.25) is 0 Å². The zero-order chi connectivity index (χ0) is 17.7. The first-order valence-corrected chi connectivity index (χ1v) is 9.24. The van der Waals surface area contributed by atoms with Crippen LogP contribution in [0.15, 0.2) is 12.1 Å². The number of ether oxygens (including phenoxy) is 1. The predicted molar refractivity (Wildman–Crippen MR) is 98.5 cm³/mol. The number of likely N-dealkylation sites (tertiary alicyclic amines) is 1. The van der Waals surface area contributed by atoms with Crippen LogP contribution in [0.5, 0.6) is 0 Å². The van der Waals surface area contributed by atoms with Gasteiger partial charge in [0.25, 0.3) is 0 Å². The lowest BCUT2D eigenvalue weighted by Gasteiger charge is -2.42. The van der Waals surface area contributed by atoms with Crippen LogP contribution in [0.3, 0.4) is 0 Å². The minimum atomic E-state index is -0.474. The first kappa shape index (κ1) is 17.5. The molecule has 3 rings (SSSR count). The summed E-state index contributed by atoms with van der Waals surface area (Å²) in [5.74, 6) is 0.986. The maximum atomic E-state index is 12.6. The van der Waals surface area contributed by atoms with Crippen molar-refractivity contribution >= 4 is 28.1 Å². The zero-order valence-corrected chi connectivity index (χ0v) is 16.7. The van der Waals surface area contributed by atoms with Gasteiger partial charge in [-0.1, -0.05) is 6.07 Å². The molecule has 0 aliphatic carbocycles. The van der Waals surface area contributed by atoms with Crippen LogP contribution in [0.1, 0.15) is 51.8 Å². The lowest BCUT2D eigenvalue weighted by molar-refractivity contribution is 0.0231. The molecule has 1 fully saturated rings. The normalized spacial score (nSPS) is 26.7. The SMILES string of the molecule is Cc1ccc2c(n1)N(Br)C1(CC2)CC(C)N(C(=O)OC(C)(C)C)C1. The molecule has 3 heterocycles. The quantitative estimate of drug-likeness (QED) is 0.616. The van der Waals surface area contributed by atoms with E-state index < -0.39 is 5.60 Å². The van der Waals surface area contributed by atoms with E-state index in [1.165, 1.54) is 5.56 Å². The molecule has 1 amide bonds. The van der Waals surface area contributed by atoms with Gasteiger partial charge in [-0.3, -0.25) is 3.93 Å². The van der Waals surface area contributed by atoms with Crippen molar-refractivity contribution in [2.75, 3.05) is 10.5 Å². The Morgan fingerprint density at radius 1 is 1.42 bits per heavy atom. The minimum Gasteiger partial charge on any atom is -0.444 e. The van der Waals surface area contributed by atoms with Crippen molar-refractivity contribution in [3.05, 3.63) is 23.4 Å². The van der Waals surface area contributed by atoms with E-state index in [9.17, 15) is 4.79 Å². The summed E-state index contributed by atoms with van der Waals surface area (Å²) in [6.07, 6.45) is 2.67. The van der Waals surface area contributed by atoms with Gasteiger partial charge in [-0.2, -0.15) is 0 Å². The van der Waals surface area contributed by atoms with Gasteiger partial charge in [0.1, 0.15) is 11.4 Å². The van der Waals surface area contributed by atoms with Crippen LogP contribution < -0.4 is 3.93 Å². The fourth-order valence-electron chi connectivity index (χ4n) is 3.71. The monoisotopic (exact) mass is 395 g/mol. The third kappa shape index (κ3) is 3.13. The van der Waals surface area contributed by atoms with E-state index in [-0.39, 0.29) is 17.7 Å². The molecule has 132 valence electrons. The highest BCUT2D eigenvalue weighted by Gasteiger charge is 2.50. The van der Waals surface area contributed by atoms with Crippen LogP contribution in [-0.4, -0.2) is 39.7 Å². The second-order valence-electron chi connectivity index (χ2n) is 8.10. The van der Waals surface area contributed by atoms with Gasteiger partial charge in [-0.15, -0.1) is 0 Å². The molecule has 2 aliphatic heterocycles. The van der Waals surface area contributed by atoms with Gasteiger partial charge in [-0.25, -0.2) is 9.78 Å². The molecule has 0 bridgehead atoms. The third-order valence-electron chi connectivity index (χ3n) is 4.86. The molecule has 1 aromatic rings. The Morgan fingerprint density at radius 2 is 2.12 bits per heavy atom. The van der Waals surface area contributed by atoms with E-state index in [0.717, 1.165) is 30.8 Å². The Bertz CT molecular complexity index is 658. The van der Waals surface area contributed by atoms with E-state index in [2.05, 4.69) is 39.1 Å². The average Bonchev–Trinajstić information content (AvgIpc) is 2.80. The fraction of sp³-hybridized carbons (Fsp3) is 0.667. The average molecular weight is 396 g/mol. The summed E-state index contributed by atoms with van der Waals surface area (Å²) in [7, 11) is 0. The number of carbonyl (C=O) groups is 1. The first-order chi connectivity index (χ1) is 11.1. The Labute approximate surface area is 152 Å². The first-order valence-electron chi connectivity index (χ1n) is 8.53. The molecular formula is C18H26BrN3O2. The molecule has 0 aromatic carbocycles. The maximum absolute atomic E-state index is 12.6. The van der Waals surface area contributed by atoms with Crippen molar-refractivity contribution in [3.8, 4) is 0 Å². The van der Waals surface area contributed by atoms with Gasteiger partial charge >= 0.3 is 6.09 Å². The summed E-state index contributed by atoms with van der Waals surface area (Å²) < 4.78 is 7.71. The van der Waals surface area contributed by atoms with Gasteiger partial charge in [0.15, 0.2) is 0 Å². The number of anilines is 1. The van der Waals surface area contributed by atoms with E-state index in [1.807, 2.05) is 32.6 Å². The second kappa shape index (κ2) is 5.90. The van der Waals surface area contributed by atoms with Crippen LogP contribution in [0.4, 0.5) is 10.6 Å². The number of pyridine rings is 1. The van der Waals surface area contributed by atoms with E-state index in [4.69, 9.17) is 9.72 Å². The number of hydrogen-bond acceptors (Lipinski definition) is 4. The minimum absolute atomic E-state index is 0.121. The predicted octanol–water partition coefficient (Wildman–Crippen LogP) is 4.22. The lowest BCUT2D eigenvalue weighted by atomic mass is 9.85. The van der Waals surface area contributed by atoms with Gasteiger partial charge in [0, 0.05) is 18.3 Å². The lowest BCUT2D eigenvalue weighted by Crippen LogP contribution is -2.50. The maximum Gasteiger partial charge on any atom is 0.410 e. The van der Waals surface area contributed by atoms with Gasteiger partial charge < -0.3 is 9.64 Å². The summed E-state index contributed by atoms with van der Waals surface area (Å²) in [5.41, 5.74) is 1.67. The van der Waals surface area contributed by atoms with Gasteiger partial charge in [-0.05, 0) is 65.5 Å². The smallest absolute Gasteiger partial charge is 0.410 e. The molecule has 24 heavy (non-hydrogen) atoms. The number of amides is 1. The molecule has 0 N–H and O–H groups in total. The Balaban J connectivity index is 1.84. The summed E-state index contributed by atoms with van der Waals surface area (Å²) in [4.78, 5) is 19.1. The number of rotatable bonds is 0. The number of nitrogens with zero attached hydrogens (tertiary/aromatic N) is 3. The third-order valence-corrected chi connectivity index (χ3v) is 5.95. The number of aromatic nitrogens is 1. The molecule has 1 aromatic heterocycles. The summed E-state index contributed by atoms with van der Waals surface area (Å²) in [6, 6.07) is 4.36. The van der Waals surface area contributed by atoms with Crippen molar-refractivity contribution in [1.29, 1.82) is 0 Å². The molecule has 1 spiro atoms. The molecule has 2 aliphatic rings. The fourth-order valence-corrected chi connectivity index (χ4v) is 4.45. The highest BCUT2D eigenvalue weighted by atomic mass is 79.9. The number of halogens is 1. The van der Waals surface area contributed by atoms with Crippen LogP contribution in [-0.2, 0) is 11.2 Å². The van der Waals surface area contributed by atoms with E-state index in [0.29, 0.717) is 6.54 Å². The Kier molecular flexibility index (Phi) is 4.31. The summed E-state index contributed by atoms with van der Waals surface area (Å²) in [6.45, 7) is 10.5. The van der Waals surface area contributed by atoms with E-state index >= 15 is 0 Å². The molecule has 0 saturated carbocycles. The topological polar surface area (TPSA) is 45.7 Å². The Morgan fingerprint density at radius 3 is 2.79 bits per heavy atom. The van der Waals surface area contributed by atoms with Gasteiger partial charge in [0.05, 0.1) is 21.7 Å². The largest absolute Gasteiger partial charge is 0.444 e. The molecule has 2 unspecified atom stereocenters. The highest BCUT2D eigenvalue weighted by molar-refractivity contribution is 9.10. The summed E-state index contributed by atoms with van der Waals surface area (Å²) in [5, 5.41) is 0. The van der Waals surface area contributed by atoms with E-state index in [1.54, 1.807) is 0 Å². The number of fused-ring (bicyclic) bond motifs is 1. The molecule has 1 saturated heterocycles. The highest BCUT2D eigenvalue weighted by Crippen LogP contribution is 2.45. The zero-order valence-electron chi connectivity index (χ0n) is 15.1. The number of carbonyl (C=O) groups excluding carboxylic acids is 1. The van der Waals surface area contributed by atoms with Crippen LogP contribution in [0.2, 0.25) is 0 Å². The molecule has 6 heteroatoms. The molecular weight excluding hydrogens is 370 g/mol.